The summed E-state index contributed by atoms with van der Waals surface area (Å²) in [5, 5.41) is 3.51. The van der Waals surface area contributed by atoms with Crippen molar-refractivity contribution in [3.8, 4) is 0 Å². The SMILES string of the molecule is c1c[nH]c(CCn2cncc2[C@@H]2CCCN2)n1. The maximum Gasteiger partial charge on any atom is 0.107 e. The average Bonchev–Trinajstić information content (AvgIpc) is 3.09. The Balaban J connectivity index is 1.68. The maximum atomic E-state index is 4.26. The molecule has 0 aromatic carbocycles. The molecule has 5 nitrogen and oxygen atoms in total. The molecule has 0 spiro atoms. The van der Waals surface area contributed by atoms with Crippen molar-refractivity contribution < 1.29 is 0 Å². The Bertz CT molecular complexity index is 453. The zero-order valence-electron chi connectivity index (χ0n) is 9.76. The number of hydrogen-bond acceptors (Lipinski definition) is 3. The normalized spacial score (nSPS) is 19.9. The van der Waals surface area contributed by atoms with Crippen LogP contribution >= 0.6 is 0 Å². The molecule has 2 aromatic rings. The van der Waals surface area contributed by atoms with Crippen molar-refractivity contribution in [1.29, 1.82) is 0 Å². The largest absolute Gasteiger partial charge is 0.349 e. The molecule has 1 atom stereocenters. The van der Waals surface area contributed by atoms with E-state index in [0.29, 0.717) is 6.04 Å². The van der Waals surface area contributed by atoms with Crippen LogP contribution in [0.3, 0.4) is 0 Å². The van der Waals surface area contributed by atoms with E-state index in [1.54, 1.807) is 6.20 Å². The van der Waals surface area contributed by atoms with Crippen LogP contribution in [0.4, 0.5) is 0 Å². The van der Waals surface area contributed by atoms with Crippen LogP contribution in [0.5, 0.6) is 0 Å². The Morgan fingerprint density at radius 2 is 2.47 bits per heavy atom. The van der Waals surface area contributed by atoms with Crippen LogP contribution in [-0.2, 0) is 13.0 Å². The molecule has 3 rings (SSSR count). The number of aromatic nitrogens is 4. The van der Waals surface area contributed by atoms with E-state index in [9.17, 15) is 0 Å². The molecule has 0 bridgehead atoms. The van der Waals surface area contributed by atoms with E-state index in [-0.39, 0.29) is 0 Å². The van der Waals surface area contributed by atoms with Gasteiger partial charge in [-0.15, -0.1) is 0 Å². The van der Waals surface area contributed by atoms with Gasteiger partial charge in [-0.1, -0.05) is 0 Å². The highest BCUT2D eigenvalue weighted by Crippen LogP contribution is 2.22. The Labute approximate surface area is 100 Å². The molecular weight excluding hydrogens is 214 g/mol. The zero-order chi connectivity index (χ0) is 11.5. The number of hydrogen-bond donors (Lipinski definition) is 2. The third-order valence-corrected chi connectivity index (χ3v) is 3.31. The molecule has 2 aromatic heterocycles. The molecule has 0 radical (unpaired) electrons. The summed E-state index contributed by atoms with van der Waals surface area (Å²) < 4.78 is 2.23. The summed E-state index contributed by atoms with van der Waals surface area (Å²) in [6.07, 6.45) is 10.9. The lowest BCUT2D eigenvalue weighted by Crippen LogP contribution is -2.17. The third kappa shape index (κ3) is 2.24. The van der Waals surface area contributed by atoms with E-state index in [4.69, 9.17) is 0 Å². The fourth-order valence-electron chi connectivity index (χ4n) is 2.41. The van der Waals surface area contributed by atoms with E-state index in [0.717, 1.165) is 25.3 Å². The van der Waals surface area contributed by atoms with Gasteiger partial charge >= 0.3 is 0 Å². The van der Waals surface area contributed by atoms with Gasteiger partial charge in [0, 0.05) is 37.6 Å². The first kappa shape index (κ1) is 10.5. The van der Waals surface area contributed by atoms with E-state index < -0.39 is 0 Å². The van der Waals surface area contributed by atoms with E-state index in [2.05, 4.69) is 24.8 Å². The zero-order valence-corrected chi connectivity index (χ0v) is 9.76. The second-order valence-electron chi connectivity index (χ2n) is 4.45. The summed E-state index contributed by atoms with van der Waals surface area (Å²) in [5.74, 6) is 1.03. The number of nitrogens with zero attached hydrogens (tertiary/aromatic N) is 3. The minimum absolute atomic E-state index is 0.481. The Morgan fingerprint density at radius 1 is 1.47 bits per heavy atom. The van der Waals surface area contributed by atoms with Gasteiger partial charge in [0.15, 0.2) is 0 Å². The van der Waals surface area contributed by atoms with Gasteiger partial charge in [0.25, 0.3) is 0 Å². The molecular formula is C12H17N5. The first-order valence-electron chi connectivity index (χ1n) is 6.15. The van der Waals surface area contributed by atoms with Crippen molar-refractivity contribution in [2.75, 3.05) is 6.54 Å². The molecule has 1 fully saturated rings. The highest BCUT2D eigenvalue weighted by molar-refractivity contribution is 5.07. The second-order valence-corrected chi connectivity index (χ2v) is 4.45. The number of aryl methyl sites for hydroxylation is 2. The molecule has 5 heteroatoms. The summed E-state index contributed by atoms with van der Waals surface area (Å²) in [6.45, 7) is 2.05. The summed E-state index contributed by atoms with van der Waals surface area (Å²) in [4.78, 5) is 11.6. The van der Waals surface area contributed by atoms with Crippen LogP contribution in [0.2, 0.25) is 0 Å². The fraction of sp³-hybridized carbons (Fsp3) is 0.500. The quantitative estimate of drug-likeness (QED) is 0.833. The molecule has 17 heavy (non-hydrogen) atoms. The average molecular weight is 231 g/mol. The summed E-state index contributed by atoms with van der Waals surface area (Å²) in [7, 11) is 0. The second kappa shape index (κ2) is 4.71. The Hall–Kier alpha value is -1.62. The number of nitrogens with one attached hydrogen (secondary N) is 2. The monoisotopic (exact) mass is 231 g/mol. The summed E-state index contributed by atoms with van der Waals surface area (Å²) >= 11 is 0. The van der Waals surface area contributed by atoms with Crippen molar-refractivity contribution >= 4 is 0 Å². The number of imidazole rings is 2. The first-order chi connectivity index (χ1) is 8.43. The molecule has 1 aliphatic rings. The molecule has 0 aliphatic carbocycles. The minimum Gasteiger partial charge on any atom is -0.349 e. The van der Waals surface area contributed by atoms with Gasteiger partial charge in [-0.3, -0.25) is 0 Å². The fourth-order valence-corrected chi connectivity index (χ4v) is 2.41. The van der Waals surface area contributed by atoms with Crippen LogP contribution in [0.15, 0.2) is 24.9 Å². The number of aromatic amines is 1. The molecule has 0 saturated carbocycles. The van der Waals surface area contributed by atoms with Crippen LogP contribution in [0, 0.1) is 0 Å². The van der Waals surface area contributed by atoms with Gasteiger partial charge in [0.1, 0.15) is 5.82 Å². The predicted octanol–water partition coefficient (Wildman–Crippen LogP) is 1.27. The lowest BCUT2D eigenvalue weighted by atomic mass is 10.2. The van der Waals surface area contributed by atoms with Crippen LogP contribution in [0.25, 0.3) is 0 Å². The predicted molar refractivity (Wildman–Crippen MR) is 64.5 cm³/mol. The minimum atomic E-state index is 0.481. The van der Waals surface area contributed by atoms with Crippen LogP contribution in [0.1, 0.15) is 30.4 Å². The van der Waals surface area contributed by atoms with Gasteiger partial charge in [-0.05, 0) is 19.4 Å². The van der Waals surface area contributed by atoms with Crippen molar-refractivity contribution in [2.24, 2.45) is 0 Å². The Kier molecular flexibility index (Phi) is 2.92. The highest BCUT2D eigenvalue weighted by Gasteiger charge is 2.19. The molecule has 2 N–H and O–H groups in total. The lowest BCUT2D eigenvalue weighted by molar-refractivity contribution is 0.559. The summed E-state index contributed by atoms with van der Waals surface area (Å²) in [6, 6.07) is 0.481. The standard InChI is InChI=1S/C12H17N5/c1-2-10(14-4-1)11-8-13-9-17(11)7-3-12-15-5-6-16-12/h5-6,8-10,14H,1-4,7H2,(H,15,16)/t10-/m0/s1. The first-order valence-corrected chi connectivity index (χ1v) is 6.15. The van der Waals surface area contributed by atoms with Gasteiger partial charge < -0.3 is 14.9 Å². The Morgan fingerprint density at radius 3 is 3.24 bits per heavy atom. The maximum absolute atomic E-state index is 4.26. The smallest absolute Gasteiger partial charge is 0.107 e. The molecule has 0 unspecified atom stereocenters. The third-order valence-electron chi connectivity index (χ3n) is 3.31. The van der Waals surface area contributed by atoms with Gasteiger partial charge in [0.2, 0.25) is 0 Å². The van der Waals surface area contributed by atoms with Gasteiger partial charge in [0.05, 0.1) is 12.0 Å². The van der Waals surface area contributed by atoms with Crippen LogP contribution in [-0.4, -0.2) is 26.1 Å². The number of rotatable bonds is 4. The molecule has 1 saturated heterocycles. The van der Waals surface area contributed by atoms with E-state index in [1.165, 1.54) is 18.5 Å². The molecule has 0 amide bonds. The molecule has 1 aliphatic heterocycles. The highest BCUT2D eigenvalue weighted by atomic mass is 15.1. The van der Waals surface area contributed by atoms with Crippen molar-refractivity contribution in [2.45, 2.75) is 31.8 Å². The summed E-state index contributed by atoms with van der Waals surface area (Å²) in [5.41, 5.74) is 1.30. The molecule has 3 heterocycles. The lowest BCUT2D eigenvalue weighted by Gasteiger charge is -2.13. The van der Waals surface area contributed by atoms with Crippen molar-refractivity contribution in [3.63, 3.8) is 0 Å². The number of H-pyrrole nitrogens is 1. The van der Waals surface area contributed by atoms with Crippen molar-refractivity contribution in [1.82, 2.24) is 24.8 Å². The molecule has 90 valence electrons. The van der Waals surface area contributed by atoms with Crippen molar-refractivity contribution in [3.05, 3.63) is 36.4 Å². The van der Waals surface area contributed by atoms with Gasteiger partial charge in [-0.2, -0.15) is 0 Å². The van der Waals surface area contributed by atoms with Gasteiger partial charge in [-0.25, -0.2) is 9.97 Å². The van der Waals surface area contributed by atoms with Crippen LogP contribution < -0.4 is 5.32 Å². The topological polar surface area (TPSA) is 58.5 Å². The van der Waals surface area contributed by atoms with E-state index in [1.807, 2.05) is 18.7 Å². The van der Waals surface area contributed by atoms with E-state index >= 15 is 0 Å².